The number of rotatable bonds is 6. The van der Waals surface area contributed by atoms with Crippen LogP contribution in [0.2, 0.25) is 0 Å². The maximum Gasteiger partial charge on any atom is 0.273 e. The molecule has 7 heteroatoms. The number of carbonyl (C=O) groups excluding carboxylic acids is 1. The summed E-state index contributed by atoms with van der Waals surface area (Å²) in [5.41, 5.74) is 1.45. The predicted molar refractivity (Wildman–Crippen MR) is 89.9 cm³/mol. The molecule has 3 unspecified atom stereocenters. The zero-order valence-corrected chi connectivity index (χ0v) is 14.1. The second-order valence-corrected chi connectivity index (χ2v) is 7.65. The number of carbonyl (C=O) groups is 1. The van der Waals surface area contributed by atoms with Crippen LogP contribution in [-0.2, 0) is 13.1 Å². The Morgan fingerprint density at radius 3 is 3.08 bits per heavy atom. The number of nitrogens with one attached hydrogen (secondary N) is 2. The Bertz CT molecular complexity index is 764. The summed E-state index contributed by atoms with van der Waals surface area (Å²) < 4.78 is 7.55. The van der Waals surface area contributed by atoms with Gasteiger partial charge in [-0.15, -0.1) is 0 Å². The molecule has 0 aromatic carbocycles. The third-order valence-corrected chi connectivity index (χ3v) is 6.06. The quantitative estimate of drug-likeness (QED) is 0.835. The Labute approximate surface area is 146 Å². The van der Waals surface area contributed by atoms with Crippen LogP contribution in [0.4, 0.5) is 0 Å². The fourth-order valence-electron chi connectivity index (χ4n) is 4.34. The van der Waals surface area contributed by atoms with Crippen LogP contribution in [0.5, 0.6) is 0 Å². The molecule has 7 nitrogen and oxygen atoms in total. The van der Waals surface area contributed by atoms with E-state index in [1.54, 1.807) is 0 Å². The second kappa shape index (κ2) is 5.98. The number of oxazole rings is 1. The Hall–Kier alpha value is -2.15. The minimum atomic E-state index is -0.165. The van der Waals surface area contributed by atoms with E-state index in [1.165, 1.54) is 32.1 Å². The lowest BCUT2D eigenvalue weighted by Crippen LogP contribution is -2.36. The van der Waals surface area contributed by atoms with Gasteiger partial charge in [0.1, 0.15) is 5.76 Å². The molecule has 6 rings (SSSR count). The van der Waals surface area contributed by atoms with E-state index in [-0.39, 0.29) is 5.91 Å². The first-order chi connectivity index (χ1) is 12.3. The van der Waals surface area contributed by atoms with Crippen molar-refractivity contribution in [3.63, 3.8) is 0 Å². The number of hydrogen-bond donors (Lipinski definition) is 2. The summed E-state index contributed by atoms with van der Waals surface area (Å²) in [6, 6.07) is 0.439. The Balaban J connectivity index is 1.20. The van der Waals surface area contributed by atoms with Crippen molar-refractivity contribution in [1.29, 1.82) is 0 Å². The highest BCUT2D eigenvalue weighted by Gasteiger charge is 2.50. The molecule has 0 spiro atoms. The molecule has 2 saturated heterocycles. The van der Waals surface area contributed by atoms with Gasteiger partial charge in [-0.2, -0.15) is 5.10 Å². The van der Waals surface area contributed by atoms with Gasteiger partial charge >= 0.3 is 0 Å². The molecule has 2 aliphatic carbocycles. The normalized spacial score (nSPS) is 27.8. The molecule has 4 fully saturated rings. The van der Waals surface area contributed by atoms with Gasteiger partial charge in [0.2, 0.25) is 0 Å². The summed E-state index contributed by atoms with van der Waals surface area (Å²) in [5, 5.41) is 10.8. The number of nitrogens with zero attached hydrogens (tertiary/aromatic N) is 3. The van der Waals surface area contributed by atoms with Gasteiger partial charge in [0.25, 0.3) is 5.91 Å². The van der Waals surface area contributed by atoms with Gasteiger partial charge in [-0.05, 0) is 37.6 Å². The molecule has 4 aliphatic rings. The summed E-state index contributed by atoms with van der Waals surface area (Å²) in [6.07, 6.45) is 10.4. The van der Waals surface area contributed by atoms with Crippen LogP contribution >= 0.6 is 0 Å². The van der Waals surface area contributed by atoms with Gasteiger partial charge in [0.05, 0.1) is 6.20 Å². The lowest BCUT2D eigenvalue weighted by Gasteiger charge is -2.32. The first-order valence-electron chi connectivity index (χ1n) is 9.24. The molecule has 2 N–H and O–H groups in total. The van der Waals surface area contributed by atoms with Crippen LogP contribution < -0.4 is 10.6 Å². The van der Waals surface area contributed by atoms with Crippen LogP contribution in [0.1, 0.15) is 53.4 Å². The van der Waals surface area contributed by atoms with Gasteiger partial charge in [-0.25, -0.2) is 4.98 Å². The molecular formula is C18H23N5O2. The average Bonchev–Trinajstić information content (AvgIpc) is 3.31. The first kappa shape index (κ1) is 15.1. The van der Waals surface area contributed by atoms with Crippen LogP contribution in [0.25, 0.3) is 0 Å². The van der Waals surface area contributed by atoms with Gasteiger partial charge in [-0.3, -0.25) is 9.48 Å². The minimum Gasteiger partial charge on any atom is -0.447 e. The number of hydrogen-bond acceptors (Lipinski definition) is 5. The van der Waals surface area contributed by atoms with E-state index < -0.39 is 0 Å². The SMILES string of the molecule is O=C(NCc1cnn(CC2CCC2)c1)c1ncoc1C1C2CNC1C2. The topological polar surface area (TPSA) is 85.0 Å². The van der Waals surface area contributed by atoms with E-state index in [0.717, 1.165) is 30.3 Å². The fourth-order valence-corrected chi connectivity index (χ4v) is 4.34. The molecule has 0 radical (unpaired) electrons. The van der Waals surface area contributed by atoms with E-state index in [4.69, 9.17) is 4.42 Å². The van der Waals surface area contributed by atoms with Crippen molar-refractivity contribution < 1.29 is 9.21 Å². The molecule has 2 bridgehead atoms. The summed E-state index contributed by atoms with van der Waals surface area (Å²) in [4.78, 5) is 16.7. The van der Waals surface area contributed by atoms with Gasteiger partial charge in [0.15, 0.2) is 12.1 Å². The Morgan fingerprint density at radius 2 is 2.36 bits per heavy atom. The lowest BCUT2D eigenvalue weighted by molar-refractivity contribution is 0.0941. The van der Waals surface area contributed by atoms with E-state index >= 15 is 0 Å². The van der Waals surface area contributed by atoms with Gasteiger partial charge in [0, 0.05) is 36.8 Å². The third kappa shape index (κ3) is 2.66. The van der Waals surface area contributed by atoms with E-state index in [9.17, 15) is 4.79 Å². The summed E-state index contributed by atoms with van der Waals surface area (Å²) in [6.45, 7) is 2.46. The molecule has 1 amide bonds. The van der Waals surface area contributed by atoms with Crippen molar-refractivity contribution in [1.82, 2.24) is 25.4 Å². The first-order valence-corrected chi connectivity index (χ1v) is 9.24. The molecule has 2 aromatic heterocycles. The smallest absolute Gasteiger partial charge is 0.273 e. The second-order valence-electron chi connectivity index (χ2n) is 7.65. The zero-order chi connectivity index (χ0) is 16.8. The van der Waals surface area contributed by atoms with Crippen molar-refractivity contribution in [2.75, 3.05) is 6.54 Å². The number of amides is 1. The maximum atomic E-state index is 12.5. The Morgan fingerprint density at radius 1 is 1.44 bits per heavy atom. The van der Waals surface area contributed by atoms with Crippen molar-refractivity contribution in [3.8, 4) is 0 Å². The highest BCUT2D eigenvalue weighted by Crippen LogP contribution is 2.47. The van der Waals surface area contributed by atoms with E-state index in [2.05, 4.69) is 20.7 Å². The van der Waals surface area contributed by atoms with E-state index in [1.807, 2.05) is 17.1 Å². The van der Waals surface area contributed by atoms with E-state index in [0.29, 0.717) is 30.1 Å². The van der Waals surface area contributed by atoms with Gasteiger partial charge < -0.3 is 15.1 Å². The summed E-state index contributed by atoms with van der Waals surface area (Å²) >= 11 is 0. The fraction of sp³-hybridized carbons (Fsp3) is 0.611. The minimum absolute atomic E-state index is 0.165. The highest BCUT2D eigenvalue weighted by atomic mass is 16.3. The highest BCUT2D eigenvalue weighted by molar-refractivity contribution is 5.93. The molecule has 2 aliphatic heterocycles. The van der Waals surface area contributed by atoms with Crippen LogP contribution in [0.15, 0.2) is 23.2 Å². The Kier molecular flexibility index (Phi) is 3.62. The van der Waals surface area contributed by atoms with Crippen LogP contribution in [0, 0.1) is 11.8 Å². The molecular weight excluding hydrogens is 318 g/mol. The molecule has 4 heterocycles. The average molecular weight is 341 g/mol. The lowest BCUT2D eigenvalue weighted by atomic mass is 9.72. The summed E-state index contributed by atoms with van der Waals surface area (Å²) in [5.74, 6) is 2.22. The maximum absolute atomic E-state index is 12.5. The number of aromatic nitrogens is 3. The molecule has 132 valence electrons. The van der Waals surface area contributed by atoms with Crippen molar-refractivity contribution >= 4 is 5.91 Å². The molecule has 2 saturated carbocycles. The van der Waals surface area contributed by atoms with Crippen LogP contribution in [0.3, 0.4) is 0 Å². The van der Waals surface area contributed by atoms with Crippen molar-refractivity contribution in [2.24, 2.45) is 11.8 Å². The van der Waals surface area contributed by atoms with Gasteiger partial charge in [-0.1, -0.05) is 6.42 Å². The van der Waals surface area contributed by atoms with Crippen molar-refractivity contribution in [2.45, 2.75) is 50.7 Å². The van der Waals surface area contributed by atoms with Crippen molar-refractivity contribution in [3.05, 3.63) is 35.8 Å². The molecule has 3 atom stereocenters. The molecule has 25 heavy (non-hydrogen) atoms. The molecule has 2 aromatic rings. The zero-order valence-electron chi connectivity index (χ0n) is 14.1. The third-order valence-electron chi connectivity index (χ3n) is 6.06. The van der Waals surface area contributed by atoms with Crippen LogP contribution in [-0.4, -0.2) is 33.3 Å². The predicted octanol–water partition coefficient (Wildman–Crippen LogP) is 1.68. The summed E-state index contributed by atoms with van der Waals surface area (Å²) in [7, 11) is 0. The number of fused-ring (bicyclic) bond motifs is 1. The monoisotopic (exact) mass is 341 g/mol. The largest absolute Gasteiger partial charge is 0.447 e. The standard InChI is InChI=1S/C18H23N5O2/c24-18(16-17(25-10-21-16)15-13-4-14(15)19-7-13)20-5-12-6-22-23(9-12)8-11-2-1-3-11/h6,9-11,13-15,19H,1-5,7-8H2,(H,20,24).